The molecule has 1 aromatic carbocycles. The van der Waals surface area contributed by atoms with E-state index in [-0.39, 0.29) is 6.61 Å². The highest BCUT2D eigenvalue weighted by molar-refractivity contribution is 5.44. The molecule has 1 aromatic rings. The van der Waals surface area contributed by atoms with Gasteiger partial charge in [-0.1, -0.05) is 11.8 Å². The number of nitriles is 1. The third-order valence-corrected chi connectivity index (χ3v) is 3.54. The molecule has 4 heteroatoms. The molecule has 1 N–H and O–H groups in total. The smallest absolute Gasteiger partial charge is 0.123 e. The van der Waals surface area contributed by atoms with Crippen LogP contribution < -0.4 is 4.74 Å². The first-order chi connectivity index (χ1) is 10.3. The molecule has 0 atom stereocenters. The monoisotopic (exact) mass is 284 g/mol. The molecule has 110 valence electrons. The molecule has 1 aliphatic rings. The summed E-state index contributed by atoms with van der Waals surface area (Å²) in [5.74, 6) is 6.42. The summed E-state index contributed by atoms with van der Waals surface area (Å²) in [6.07, 6.45) is 2.96. The van der Waals surface area contributed by atoms with Crippen LogP contribution in [0.4, 0.5) is 0 Å². The van der Waals surface area contributed by atoms with Crippen molar-refractivity contribution in [2.45, 2.75) is 31.8 Å². The molecule has 21 heavy (non-hydrogen) atoms. The van der Waals surface area contributed by atoms with E-state index < -0.39 is 0 Å². The standard InChI is InChI=1S/C17H20N2O2/c1-21-17-8-5-14(4-2-11-20)12-15(17)13-19(10-3-9-18)16-6-7-16/h5,8,12,16,20H,3,6-7,10-11,13H2,1H3. The fraction of sp³-hybridized carbons (Fsp3) is 0.471. The molecule has 0 amide bonds. The average molecular weight is 284 g/mol. The van der Waals surface area contributed by atoms with E-state index in [4.69, 9.17) is 15.1 Å². The number of hydrogen-bond donors (Lipinski definition) is 1. The molecule has 0 aromatic heterocycles. The fourth-order valence-corrected chi connectivity index (χ4v) is 2.36. The molecule has 4 nitrogen and oxygen atoms in total. The van der Waals surface area contributed by atoms with Crippen LogP contribution in [0.15, 0.2) is 18.2 Å². The summed E-state index contributed by atoms with van der Waals surface area (Å²) in [5, 5.41) is 17.6. The number of hydrogen-bond acceptors (Lipinski definition) is 4. The highest BCUT2D eigenvalue weighted by atomic mass is 16.5. The molecular weight excluding hydrogens is 264 g/mol. The van der Waals surface area contributed by atoms with Gasteiger partial charge in [-0.05, 0) is 31.0 Å². The molecule has 0 spiro atoms. The van der Waals surface area contributed by atoms with E-state index >= 15 is 0 Å². The first-order valence-corrected chi connectivity index (χ1v) is 7.16. The van der Waals surface area contributed by atoms with Crippen LogP contribution in [0.1, 0.15) is 30.4 Å². The van der Waals surface area contributed by atoms with Crippen LogP contribution >= 0.6 is 0 Å². The largest absolute Gasteiger partial charge is 0.496 e. The molecule has 0 bridgehead atoms. The minimum absolute atomic E-state index is 0.141. The summed E-state index contributed by atoms with van der Waals surface area (Å²) >= 11 is 0. The lowest BCUT2D eigenvalue weighted by molar-refractivity contribution is 0.256. The Balaban J connectivity index is 2.17. The summed E-state index contributed by atoms with van der Waals surface area (Å²) in [4.78, 5) is 2.34. The predicted octanol–water partition coefficient (Wildman–Crippen LogP) is 1.92. The van der Waals surface area contributed by atoms with E-state index in [1.54, 1.807) is 7.11 Å². The van der Waals surface area contributed by atoms with Crippen molar-refractivity contribution in [1.29, 1.82) is 5.26 Å². The van der Waals surface area contributed by atoms with Gasteiger partial charge in [0.25, 0.3) is 0 Å². The third-order valence-electron chi connectivity index (χ3n) is 3.54. The van der Waals surface area contributed by atoms with Crippen LogP contribution in [-0.4, -0.2) is 36.3 Å². The number of methoxy groups -OCH3 is 1. The Hall–Kier alpha value is -2.01. The van der Waals surface area contributed by atoms with Gasteiger partial charge in [0, 0.05) is 36.7 Å². The van der Waals surface area contributed by atoms with Crippen LogP contribution in [0.5, 0.6) is 5.75 Å². The van der Waals surface area contributed by atoms with Gasteiger partial charge >= 0.3 is 0 Å². The van der Waals surface area contributed by atoms with E-state index in [1.165, 1.54) is 12.8 Å². The van der Waals surface area contributed by atoms with Crippen molar-refractivity contribution in [3.8, 4) is 23.7 Å². The van der Waals surface area contributed by atoms with Gasteiger partial charge in [0.15, 0.2) is 0 Å². The fourth-order valence-electron chi connectivity index (χ4n) is 2.36. The number of benzene rings is 1. The van der Waals surface area contributed by atoms with E-state index in [0.29, 0.717) is 12.5 Å². The van der Waals surface area contributed by atoms with Crippen molar-refractivity contribution in [2.75, 3.05) is 20.3 Å². The van der Waals surface area contributed by atoms with Crippen LogP contribution in [0.2, 0.25) is 0 Å². The van der Waals surface area contributed by atoms with Gasteiger partial charge in [0.1, 0.15) is 12.4 Å². The van der Waals surface area contributed by atoms with Crippen molar-refractivity contribution in [1.82, 2.24) is 4.90 Å². The Morgan fingerprint density at radius 1 is 1.43 bits per heavy atom. The molecule has 0 heterocycles. The number of nitrogens with zero attached hydrogens (tertiary/aromatic N) is 2. The predicted molar refractivity (Wildman–Crippen MR) is 80.6 cm³/mol. The number of rotatable bonds is 6. The molecule has 0 radical (unpaired) electrons. The lowest BCUT2D eigenvalue weighted by Crippen LogP contribution is -2.26. The molecule has 1 aliphatic carbocycles. The molecule has 0 unspecified atom stereocenters. The van der Waals surface area contributed by atoms with Gasteiger partial charge in [-0.15, -0.1) is 0 Å². The van der Waals surface area contributed by atoms with Gasteiger partial charge in [0.2, 0.25) is 0 Å². The van der Waals surface area contributed by atoms with Gasteiger partial charge in [-0.3, -0.25) is 4.90 Å². The first kappa shape index (κ1) is 15.4. The Morgan fingerprint density at radius 2 is 2.24 bits per heavy atom. The lowest BCUT2D eigenvalue weighted by atomic mass is 10.1. The van der Waals surface area contributed by atoms with Gasteiger partial charge in [-0.2, -0.15) is 5.26 Å². The Bertz CT molecular complexity index is 577. The number of aliphatic hydroxyl groups excluding tert-OH is 1. The van der Waals surface area contributed by atoms with Crippen LogP contribution in [0, 0.1) is 23.2 Å². The first-order valence-electron chi connectivity index (χ1n) is 7.16. The van der Waals surface area contributed by atoms with Crippen molar-refractivity contribution >= 4 is 0 Å². The van der Waals surface area contributed by atoms with E-state index in [0.717, 1.165) is 30.0 Å². The topological polar surface area (TPSA) is 56.5 Å². The molecule has 0 saturated heterocycles. The molecule has 1 fully saturated rings. The Kier molecular flexibility index (Phi) is 5.63. The minimum atomic E-state index is -0.141. The third kappa shape index (κ3) is 4.49. The second-order valence-corrected chi connectivity index (χ2v) is 5.10. The maximum Gasteiger partial charge on any atom is 0.123 e. The van der Waals surface area contributed by atoms with Crippen LogP contribution in [0.3, 0.4) is 0 Å². The Labute approximate surface area is 125 Å². The van der Waals surface area contributed by atoms with Crippen LogP contribution in [-0.2, 0) is 6.54 Å². The zero-order chi connectivity index (χ0) is 15.1. The zero-order valence-electron chi connectivity index (χ0n) is 12.3. The van der Waals surface area contributed by atoms with Crippen molar-refractivity contribution < 1.29 is 9.84 Å². The molecular formula is C17H20N2O2. The molecule has 1 saturated carbocycles. The van der Waals surface area contributed by atoms with Gasteiger partial charge < -0.3 is 9.84 Å². The number of ether oxygens (including phenoxy) is 1. The highest BCUT2D eigenvalue weighted by Crippen LogP contribution is 2.30. The summed E-state index contributed by atoms with van der Waals surface area (Å²) < 4.78 is 5.42. The normalized spacial score (nSPS) is 13.4. The number of aliphatic hydroxyl groups is 1. The second-order valence-electron chi connectivity index (χ2n) is 5.10. The summed E-state index contributed by atoms with van der Waals surface area (Å²) in [7, 11) is 1.66. The molecule has 2 rings (SSSR count). The Morgan fingerprint density at radius 3 is 2.86 bits per heavy atom. The van der Waals surface area contributed by atoms with Crippen molar-refractivity contribution in [3.05, 3.63) is 29.3 Å². The van der Waals surface area contributed by atoms with E-state index in [2.05, 4.69) is 22.8 Å². The van der Waals surface area contributed by atoms with Crippen LogP contribution in [0.25, 0.3) is 0 Å². The van der Waals surface area contributed by atoms with E-state index in [9.17, 15) is 0 Å². The molecule has 0 aliphatic heterocycles. The summed E-state index contributed by atoms with van der Waals surface area (Å²) in [5.41, 5.74) is 1.95. The zero-order valence-corrected chi connectivity index (χ0v) is 12.3. The average Bonchev–Trinajstić information content (AvgIpc) is 3.34. The van der Waals surface area contributed by atoms with Gasteiger partial charge in [-0.25, -0.2) is 0 Å². The quantitative estimate of drug-likeness (QED) is 0.811. The van der Waals surface area contributed by atoms with Gasteiger partial charge in [0.05, 0.1) is 13.2 Å². The van der Waals surface area contributed by atoms with Crippen molar-refractivity contribution in [3.63, 3.8) is 0 Å². The minimum Gasteiger partial charge on any atom is -0.496 e. The second kappa shape index (κ2) is 7.69. The summed E-state index contributed by atoms with van der Waals surface area (Å²) in [6, 6.07) is 8.61. The lowest BCUT2D eigenvalue weighted by Gasteiger charge is -2.22. The van der Waals surface area contributed by atoms with E-state index in [1.807, 2.05) is 18.2 Å². The maximum absolute atomic E-state index is 8.78. The SMILES string of the molecule is COc1ccc(C#CCO)cc1CN(CCC#N)C1CC1. The maximum atomic E-state index is 8.78. The summed E-state index contributed by atoms with van der Waals surface area (Å²) in [6.45, 7) is 1.42. The highest BCUT2D eigenvalue weighted by Gasteiger charge is 2.29. The van der Waals surface area contributed by atoms with Crippen molar-refractivity contribution in [2.24, 2.45) is 0 Å².